The van der Waals surface area contributed by atoms with E-state index in [1.165, 1.54) is 0 Å². The summed E-state index contributed by atoms with van der Waals surface area (Å²) in [6, 6.07) is 12.0. The maximum absolute atomic E-state index is 10.1. The minimum atomic E-state index is -0.477. The number of aliphatic hydroxyl groups excluding tert-OH is 1. The third kappa shape index (κ3) is 2.67. The zero-order valence-corrected chi connectivity index (χ0v) is 9.30. The molecule has 0 aliphatic rings. The molecule has 0 spiro atoms. The van der Waals surface area contributed by atoms with E-state index in [1.807, 2.05) is 43.3 Å². The first-order valence-corrected chi connectivity index (χ1v) is 5.39. The van der Waals surface area contributed by atoms with E-state index in [-0.39, 0.29) is 0 Å². The summed E-state index contributed by atoms with van der Waals surface area (Å²) < 4.78 is 0. The SMILES string of the molecule is Cc1cncc(C(O)Cc2ccccc2)c1. The van der Waals surface area contributed by atoms with Gasteiger partial charge in [-0.05, 0) is 23.6 Å². The Labute approximate surface area is 95.6 Å². The van der Waals surface area contributed by atoms with Crippen molar-refractivity contribution < 1.29 is 5.11 Å². The number of aromatic nitrogens is 1. The molecule has 1 N–H and O–H groups in total. The van der Waals surface area contributed by atoms with E-state index in [2.05, 4.69) is 4.98 Å². The molecule has 2 heteroatoms. The monoisotopic (exact) mass is 213 g/mol. The smallest absolute Gasteiger partial charge is 0.0845 e. The van der Waals surface area contributed by atoms with Crippen molar-refractivity contribution in [2.45, 2.75) is 19.4 Å². The van der Waals surface area contributed by atoms with Crippen LogP contribution in [-0.4, -0.2) is 10.1 Å². The van der Waals surface area contributed by atoms with Crippen molar-refractivity contribution in [2.24, 2.45) is 0 Å². The van der Waals surface area contributed by atoms with Crippen LogP contribution in [0.2, 0.25) is 0 Å². The van der Waals surface area contributed by atoms with Crippen LogP contribution in [0.5, 0.6) is 0 Å². The van der Waals surface area contributed by atoms with Crippen molar-refractivity contribution in [3.8, 4) is 0 Å². The minimum Gasteiger partial charge on any atom is -0.388 e. The van der Waals surface area contributed by atoms with Crippen LogP contribution in [0.15, 0.2) is 48.8 Å². The lowest BCUT2D eigenvalue weighted by molar-refractivity contribution is 0.178. The van der Waals surface area contributed by atoms with Gasteiger partial charge in [-0.15, -0.1) is 0 Å². The maximum atomic E-state index is 10.1. The molecule has 0 fully saturated rings. The molecule has 0 amide bonds. The van der Waals surface area contributed by atoms with Crippen molar-refractivity contribution in [3.63, 3.8) is 0 Å². The number of aliphatic hydroxyl groups is 1. The standard InChI is InChI=1S/C14H15NO/c1-11-7-13(10-15-9-11)14(16)8-12-5-3-2-4-6-12/h2-7,9-10,14,16H,8H2,1H3. The zero-order valence-electron chi connectivity index (χ0n) is 9.30. The van der Waals surface area contributed by atoms with Crippen molar-refractivity contribution in [3.05, 3.63) is 65.5 Å². The Hall–Kier alpha value is -1.67. The average Bonchev–Trinajstić information content (AvgIpc) is 2.30. The van der Waals surface area contributed by atoms with Crippen molar-refractivity contribution in [2.75, 3.05) is 0 Å². The van der Waals surface area contributed by atoms with Gasteiger partial charge >= 0.3 is 0 Å². The average molecular weight is 213 g/mol. The van der Waals surface area contributed by atoms with E-state index in [1.54, 1.807) is 12.4 Å². The van der Waals surface area contributed by atoms with Crippen LogP contribution in [0.25, 0.3) is 0 Å². The topological polar surface area (TPSA) is 33.1 Å². The van der Waals surface area contributed by atoms with E-state index in [4.69, 9.17) is 0 Å². The molecule has 0 bridgehead atoms. The van der Waals surface area contributed by atoms with E-state index in [0.29, 0.717) is 6.42 Å². The number of aryl methyl sites for hydroxylation is 1. The van der Waals surface area contributed by atoms with Crippen molar-refractivity contribution in [1.82, 2.24) is 4.98 Å². The molecule has 1 aromatic heterocycles. The summed E-state index contributed by atoms with van der Waals surface area (Å²) in [5.41, 5.74) is 3.09. The van der Waals surface area contributed by atoms with E-state index < -0.39 is 6.10 Å². The number of nitrogens with zero attached hydrogens (tertiary/aromatic N) is 1. The highest BCUT2D eigenvalue weighted by Gasteiger charge is 2.08. The third-order valence-electron chi connectivity index (χ3n) is 2.55. The predicted octanol–water partition coefficient (Wildman–Crippen LogP) is 2.67. The molecular formula is C14H15NO. The van der Waals surface area contributed by atoms with Gasteiger partial charge in [0.25, 0.3) is 0 Å². The molecule has 2 rings (SSSR count). The number of rotatable bonds is 3. The molecule has 1 atom stereocenters. The Balaban J connectivity index is 2.12. The second-order valence-corrected chi connectivity index (χ2v) is 4.00. The van der Waals surface area contributed by atoms with Crippen LogP contribution >= 0.6 is 0 Å². The zero-order chi connectivity index (χ0) is 11.4. The summed E-state index contributed by atoms with van der Waals surface area (Å²) in [7, 11) is 0. The number of benzene rings is 1. The van der Waals surface area contributed by atoms with Crippen LogP contribution in [0.1, 0.15) is 22.8 Å². The van der Waals surface area contributed by atoms with Gasteiger partial charge in [-0.1, -0.05) is 36.4 Å². The Morgan fingerprint density at radius 1 is 1.19 bits per heavy atom. The fourth-order valence-corrected chi connectivity index (χ4v) is 1.72. The summed E-state index contributed by atoms with van der Waals surface area (Å²) in [5, 5.41) is 10.1. The summed E-state index contributed by atoms with van der Waals surface area (Å²) in [6.45, 7) is 1.98. The summed E-state index contributed by atoms with van der Waals surface area (Å²) in [5.74, 6) is 0. The van der Waals surface area contributed by atoms with Crippen LogP contribution in [0.4, 0.5) is 0 Å². The molecule has 2 aromatic rings. The third-order valence-corrected chi connectivity index (χ3v) is 2.55. The summed E-state index contributed by atoms with van der Waals surface area (Å²) in [4.78, 5) is 4.09. The Bertz CT molecular complexity index is 453. The highest BCUT2D eigenvalue weighted by molar-refractivity contribution is 5.22. The molecule has 0 saturated carbocycles. The molecule has 1 heterocycles. The highest BCUT2D eigenvalue weighted by atomic mass is 16.3. The van der Waals surface area contributed by atoms with Gasteiger partial charge in [0.15, 0.2) is 0 Å². The highest BCUT2D eigenvalue weighted by Crippen LogP contribution is 2.17. The lowest BCUT2D eigenvalue weighted by atomic mass is 10.0. The minimum absolute atomic E-state index is 0.477. The lowest BCUT2D eigenvalue weighted by Crippen LogP contribution is -2.02. The Kier molecular flexibility index (Phi) is 3.32. The summed E-state index contributed by atoms with van der Waals surface area (Å²) >= 11 is 0. The van der Waals surface area contributed by atoms with Gasteiger partial charge in [0.2, 0.25) is 0 Å². The fraction of sp³-hybridized carbons (Fsp3) is 0.214. The largest absolute Gasteiger partial charge is 0.388 e. The van der Waals surface area contributed by atoms with Gasteiger partial charge in [-0.25, -0.2) is 0 Å². The van der Waals surface area contributed by atoms with E-state index >= 15 is 0 Å². The molecule has 1 aromatic carbocycles. The molecule has 0 saturated heterocycles. The van der Waals surface area contributed by atoms with Gasteiger partial charge in [0.05, 0.1) is 6.10 Å². The van der Waals surface area contributed by atoms with E-state index in [0.717, 1.165) is 16.7 Å². The van der Waals surface area contributed by atoms with Crippen molar-refractivity contribution >= 4 is 0 Å². The van der Waals surface area contributed by atoms with Crippen molar-refractivity contribution in [1.29, 1.82) is 0 Å². The fourth-order valence-electron chi connectivity index (χ4n) is 1.72. The molecule has 1 unspecified atom stereocenters. The molecule has 2 nitrogen and oxygen atoms in total. The predicted molar refractivity (Wildman–Crippen MR) is 64.1 cm³/mol. The van der Waals surface area contributed by atoms with Crippen LogP contribution < -0.4 is 0 Å². The summed E-state index contributed by atoms with van der Waals surface area (Å²) in [6.07, 6.45) is 3.67. The number of hydrogen-bond acceptors (Lipinski definition) is 2. The first-order valence-electron chi connectivity index (χ1n) is 5.39. The Morgan fingerprint density at radius 2 is 1.94 bits per heavy atom. The van der Waals surface area contributed by atoms with Gasteiger partial charge in [-0.2, -0.15) is 0 Å². The second-order valence-electron chi connectivity index (χ2n) is 4.00. The molecule has 0 aliphatic carbocycles. The second kappa shape index (κ2) is 4.90. The van der Waals surface area contributed by atoms with Crippen LogP contribution in [0.3, 0.4) is 0 Å². The van der Waals surface area contributed by atoms with Gasteiger partial charge in [0.1, 0.15) is 0 Å². The van der Waals surface area contributed by atoms with Crippen LogP contribution in [0, 0.1) is 6.92 Å². The number of hydrogen-bond donors (Lipinski definition) is 1. The van der Waals surface area contributed by atoms with Crippen LogP contribution in [-0.2, 0) is 6.42 Å². The van der Waals surface area contributed by atoms with Gasteiger partial charge in [-0.3, -0.25) is 4.98 Å². The first kappa shape index (κ1) is 10.8. The molecular weight excluding hydrogens is 198 g/mol. The molecule has 0 radical (unpaired) electrons. The van der Waals surface area contributed by atoms with E-state index in [9.17, 15) is 5.11 Å². The Morgan fingerprint density at radius 3 is 2.62 bits per heavy atom. The normalized spacial score (nSPS) is 12.4. The molecule has 0 aliphatic heterocycles. The lowest BCUT2D eigenvalue weighted by Gasteiger charge is -2.11. The van der Waals surface area contributed by atoms with Gasteiger partial charge in [0, 0.05) is 18.8 Å². The first-order chi connectivity index (χ1) is 7.75. The molecule has 16 heavy (non-hydrogen) atoms. The number of pyridine rings is 1. The van der Waals surface area contributed by atoms with Gasteiger partial charge < -0.3 is 5.11 Å². The maximum Gasteiger partial charge on any atom is 0.0845 e. The molecule has 82 valence electrons. The quantitative estimate of drug-likeness (QED) is 0.850.